The van der Waals surface area contributed by atoms with Crippen LogP contribution in [0.2, 0.25) is 0 Å². The first-order valence-corrected chi connectivity index (χ1v) is 14.2. The second kappa shape index (κ2) is 18.7. The van der Waals surface area contributed by atoms with Crippen molar-refractivity contribution in [1.29, 1.82) is 0 Å². The molecule has 0 aliphatic carbocycles. The Morgan fingerprint density at radius 3 is 0.744 bits per heavy atom. The maximum absolute atomic E-state index is 2.37. The van der Waals surface area contributed by atoms with Gasteiger partial charge in [-0.3, -0.25) is 0 Å². The minimum Gasteiger partial charge on any atom is -0.341 e. The van der Waals surface area contributed by atoms with Crippen LogP contribution in [0.1, 0.15) is 76.7 Å². The molecular formula is C37H54N2. The summed E-state index contributed by atoms with van der Waals surface area (Å²) >= 11 is 0. The SMILES string of the molecule is C.C.CC.CC.CCC.CCn1c2ccccc2c2ccccc21.CCn1c2ccccc2c2ccccc21. The molecule has 39 heavy (non-hydrogen) atoms. The highest BCUT2D eigenvalue weighted by Gasteiger charge is 2.08. The molecule has 0 amide bonds. The molecule has 2 aromatic heterocycles. The Labute approximate surface area is 239 Å². The molecule has 2 nitrogen and oxygen atoms in total. The van der Waals surface area contributed by atoms with E-state index in [0.29, 0.717) is 0 Å². The van der Waals surface area contributed by atoms with Crippen LogP contribution in [0.15, 0.2) is 97.1 Å². The van der Waals surface area contributed by atoms with Gasteiger partial charge in [-0.15, -0.1) is 0 Å². The number of aromatic nitrogens is 2. The van der Waals surface area contributed by atoms with Gasteiger partial charge in [0, 0.05) is 56.7 Å². The van der Waals surface area contributed by atoms with Crippen molar-refractivity contribution < 1.29 is 0 Å². The largest absolute Gasteiger partial charge is 0.341 e. The summed E-state index contributed by atoms with van der Waals surface area (Å²) in [4.78, 5) is 0. The Morgan fingerprint density at radius 1 is 0.385 bits per heavy atom. The smallest absolute Gasteiger partial charge is 0.0491 e. The molecule has 6 rings (SSSR count). The lowest BCUT2D eigenvalue weighted by Crippen LogP contribution is -1.91. The van der Waals surface area contributed by atoms with Crippen LogP contribution in [-0.4, -0.2) is 9.13 Å². The molecule has 0 radical (unpaired) electrons. The molecule has 0 saturated carbocycles. The van der Waals surface area contributed by atoms with E-state index in [9.17, 15) is 0 Å². The standard InChI is InChI=1S/2C14H13N.C3H8.2C2H6.2CH4/c2*1-2-15-13-9-5-3-7-11(13)12-8-4-6-10-14(12)15;1-3-2;2*1-2;;/h2*3-10H,2H2,1H3;3H2,1-2H3;2*1-2H3;2*1H4. The zero-order chi connectivity index (χ0) is 27.2. The molecule has 2 heterocycles. The second-order valence-electron chi connectivity index (χ2n) is 8.26. The molecule has 0 aliphatic rings. The van der Waals surface area contributed by atoms with E-state index >= 15 is 0 Å². The minimum atomic E-state index is 0. The summed E-state index contributed by atoms with van der Waals surface area (Å²) in [5, 5.41) is 5.43. The maximum atomic E-state index is 2.37. The first-order chi connectivity index (χ1) is 18.2. The lowest BCUT2D eigenvalue weighted by Gasteiger charge is -2.01. The number of fused-ring (bicyclic) bond motifs is 6. The highest BCUT2D eigenvalue weighted by Crippen LogP contribution is 2.29. The van der Waals surface area contributed by atoms with E-state index in [2.05, 4.69) is 134 Å². The number of aryl methyl sites for hydroxylation is 2. The van der Waals surface area contributed by atoms with Crippen LogP contribution in [0, 0.1) is 0 Å². The first kappa shape index (κ1) is 35.5. The van der Waals surface area contributed by atoms with Crippen molar-refractivity contribution in [2.24, 2.45) is 0 Å². The van der Waals surface area contributed by atoms with Crippen LogP contribution in [-0.2, 0) is 13.1 Å². The third kappa shape index (κ3) is 7.76. The fourth-order valence-electron chi connectivity index (χ4n) is 4.69. The van der Waals surface area contributed by atoms with Crippen LogP contribution in [0.3, 0.4) is 0 Å². The van der Waals surface area contributed by atoms with E-state index in [0.717, 1.165) is 13.1 Å². The van der Waals surface area contributed by atoms with E-state index < -0.39 is 0 Å². The van der Waals surface area contributed by atoms with Crippen molar-refractivity contribution in [2.75, 3.05) is 0 Å². The van der Waals surface area contributed by atoms with Gasteiger partial charge in [0.25, 0.3) is 0 Å². The highest BCUT2D eigenvalue weighted by atomic mass is 15.0. The average Bonchev–Trinajstić information content (AvgIpc) is 3.48. The van der Waals surface area contributed by atoms with Gasteiger partial charge in [-0.05, 0) is 38.1 Å². The molecule has 2 heteroatoms. The lowest BCUT2D eigenvalue weighted by atomic mass is 10.2. The fraction of sp³-hybridized carbons (Fsp3) is 0.351. The number of rotatable bonds is 2. The Morgan fingerprint density at radius 2 is 0.564 bits per heavy atom. The number of hydrogen-bond donors (Lipinski definition) is 0. The monoisotopic (exact) mass is 526 g/mol. The summed E-state index contributed by atoms with van der Waals surface area (Å²) in [6, 6.07) is 34.4. The molecule has 6 aromatic rings. The van der Waals surface area contributed by atoms with E-state index in [-0.39, 0.29) is 14.9 Å². The minimum absolute atomic E-state index is 0. The van der Waals surface area contributed by atoms with Crippen LogP contribution < -0.4 is 0 Å². The average molecular weight is 527 g/mol. The molecule has 0 bridgehead atoms. The molecule has 4 aromatic carbocycles. The number of hydrogen-bond acceptors (Lipinski definition) is 0. The first-order valence-electron chi connectivity index (χ1n) is 14.2. The van der Waals surface area contributed by atoms with Crippen LogP contribution in [0.25, 0.3) is 43.6 Å². The summed E-state index contributed by atoms with van der Waals surface area (Å²) in [6.45, 7) is 18.7. The maximum Gasteiger partial charge on any atom is 0.0491 e. The van der Waals surface area contributed by atoms with Gasteiger partial charge in [-0.1, -0.05) is 136 Å². The van der Waals surface area contributed by atoms with E-state index in [1.165, 1.54) is 50.0 Å². The second-order valence-corrected chi connectivity index (χ2v) is 8.26. The molecular weight excluding hydrogens is 472 g/mol. The molecule has 0 spiro atoms. The predicted octanol–water partition coefficient (Wildman–Crippen LogP) is 12.4. The normalized spacial score (nSPS) is 9.44. The molecule has 0 saturated heterocycles. The van der Waals surface area contributed by atoms with Crippen LogP contribution in [0.4, 0.5) is 0 Å². The number of para-hydroxylation sites is 4. The fourth-order valence-corrected chi connectivity index (χ4v) is 4.69. The van der Waals surface area contributed by atoms with Crippen molar-refractivity contribution in [1.82, 2.24) is 9.13 Å². The Balaban J connectivity index is 0.000000580. The summed E-state index contributed by atoms with van der Waals surface area (Å²) in [5.74, 6) is 0. The van der Waals surface area contributed by atoms with Gasteiger partial charge in [0.05, 0.1) is 0 Å². The quantitative estimate of drug-likeness (QED) is 0.212. The molecule has 0 atom stereocenters. The van der Waals surface area contributed by atoms with Crippen molar-refractivity contribution in [3.63, 3.8) is 0 Å². The lowest BCUT2D eigenvalue weighted by molar-refractivity contribution is 0.827. The number of benzene rings is 4. The van der Waals surface area contributed by atoms with E-state index in [1.54, 1.807) is 0 Å². The molecule has 212 valence electrons. The van der Waals surface area contributed by atoms with Crippen molar-refractivity contribution >= 4 is 43.6 Å². The van der Waals surface area contributed by atoms with Gasteiger partial charge in [0.2, 0.25) is 0 Å². The van der Waals surface area contributed by atoms with Crippen molar-refractivity contribution in [3.8, 4) is 0 Å². The van der Waals surface area contributed by atoms with Gasteiger partial charge in [0.15, 0.2) is 0 Å². The van der Waals surface area contributed by atoms with Crippen LogP contribution >= 0.6 is 0 Å². The predicted molar refractivity (Wildman–Crippen MR) is 182 cm³/mol. The van der Waals surface area contributed by atoms with Crippen molar-refractivity contribution in [2.45, 2.75) is 89.8 Å². The number of nitrogens with zero attached hydrogens (tertiary/aromatic N) is 2. The molecule has 0 aliphatic heterocycles. The van der Waals surface area contributed by atoms with Gasteiger partial charge >= 0.3 is 0 Å². The molecule has 0 fully saturated rings. The van der Waals surface area contributed by atoms with Gasteiger partial charge in [0.1, 0.15) is 0 Å². The van der Waals surface area contributed by atoms with Gasteiger partial charge in [-0.2, -0.15) is 0 Å². The molecule has 0 unspecified atom stereocenters. The van der Waals surface area contributed by atoms with Gasteiger partial charge < -0.3 is 9.13 Å². The van der Waals surface area contributed by atoms with Crippen molar-refractivity contribution in [3.05, 3.63) is 97.1 Å². The van der Waals surface area contributed by atoms with E-state index in [1.807, 2.05) is 27.7 Å². The third-order valence-corrected chi connectivity index (χ3v) is 5.99. The zero-order valence-electron chi connectivity index (χ0n) is 24.3. The Kier molecular flexibility index (Phi) is 17.0. The summed E-state index contributed by atoms with van der Waals surface area (Å²) < 4.78 is 4.73. The summed E-state index contributed by atoms with van der Waals surface area (Å²) in [6.07, 6.45) is 1.25. The Bertz CT molecular complexity index is 1260. The molecule has 0 N–H and O–H groups in total. The summed E-state index contributed by atoms with van der Waals surface area (Å²) in [5.41, 5.74) is 5.34. The zero-order valence-corrected chi connectivity index (χ0v) is 24.3. The van der Waals surface area contributed by atoms with Crippen LogP contribution in [0.5, 0.6) is 0 Å². The summed E-state index contributed by atoms with van der Waals surface area (Å²) in [7, 11) is 0. The topological polar surface area (TPSA) is 9.86 Å². The highest BCUT2D eigenvalue weighted by molar-refractivity contribution is 6.08. The third-order valence-electron chi connectivity index (χ3n) is 5.99. The van der Waals surface area contributed by atoms with Gasteiger partial charge in [-0.25, -0.2) is 0 Å². The van der Waals surface area contributed by atoms with E-state index in [4.69, 9.17) is 0 Å². The Hall–Kier alpha value is -3.52.